The Labute approximate surface area is 136 Å². The van der Waals surface area contributed by atoms with Gasteiger partial charge in [0.2, 0.25) is 0 Å². The predicted octanol–water partition coefficient (Wildman–Crippen LogP) is 2.37. The topological polar surface area (TPSA) is 73.7 Å². The van der Waals surface area contributed by atoms with Gasteiger partial charge in [0, 0.05) is 12.7 Å². The highest BCUT2D eigenvalue weighted by molar-refractivity contribution is 5.75. The zero-order valence-corrected chi connectivity index (χ0v) is 14.4. The average Bonchev–Trinajstić information content (AvgIpc) is 2.83. The van der Waals surface area contributed by atoms with Crippen LogP contribution in [0.4, 0.5) is 4.79 Å². The molecule has 7 nitrogen and oxygen atoms in total. The third kappa shape index (κ3) is 4.03. The highest BCUT2D eigenvalue weighted by Crippen LogP contribution is 2.28. The molecule has 23 heavy (non-hydrogen) atoms. The molecule has 128 valence electrons. The van der Waals surface area contributed by atoms with E-state index < -0.39 is 17.6 Å². The van der Waals surface area contributed by atoms with Crippen molar-refractivity contribution in [2.45, 2.75) is 52.8 Å². The van der Waals surface area contributed by atoms with Crippen molar-refractivity contribution < 1.29 is 19.1 Å². The third-order valence-electron chi connectivity index (χ3n) is 3.70. The summed E-state index contributed by atoms with van der Waals surface area (Å²) in [6, 6.07) is 1.63. The van der Waals surface area contributed by atoms with Crippen molar-refractivity contribution in [2.75, 3.05) is 13.2 Å². The summed E-state index contributed by atoms with van der Waals surface area (Å²) in [5, 5.41) is 4.26. The first kappa shape index (κ1) is 17.3. The van der Waals surface area contributed by atoms with Gasteiger partial charge in [-0.15, -0.1) is 0 Å². The SMILES string of the molecule is CCOC(=O)[C@@H]1CN(C(=O)OC(C)(C)C)[C@@H](C)c2ccnn2C1. The smallest absolute Gasteiger partial charge is 0.410 e. The number of ether oxygens (including phenoxy) is 2. The van der Waals surface area contributed by atoms with Gasteiger partial charge in [0.15, 0.2) is 0 Å². The molecule has 1 aromatic heterocycles. The van der Waals surface area contributed by atoms with Crippen molar-refractivity contribution in [1.29, 1.82) is 0 Å². The van der Waals surface area contributed by atoms with Crippen molar-refractivity contribution in [3.63, 3.8) is 0 Å². The second-order valence-corrected chi connectivity index (χ2v) is 6.70. The maximum atomic E-state index is 12.6. The Morgan fingerprint density at radius 3 is 2.65 bits per heavy atom. The Morgan fingerprint density at radius 2 is 2.04 bits per heavy atom. The van der Waals surface area contributed by atoms with Crippen molar-refractivity contribution in [3.05, 3.63) is 18.0 Å². The number of hydrogen-bond acceptors (Lipinski definition) is 5. The van der Waals surface area contributed by atoms with Crippen LogP contribution in [0.3, 0.4) is 0 Å². The monoisotopic (exact) mass is 323 g/mol. The van der Waals surface area contributed by atoms with Crippen LogP contribution in [0.15, 0.2) is 12.3 Å². The molecule has 0 bridgehead atoms. The summed E-state index contributed by atoms with van der Waals surface area (Å²) in [4.78, 5) is 26.3. The zero-order valence-electron chi connectivity index (χ0n) is 14.4. The predicted molar refractivity (Wildman–Crippen MR) is 83.7 cm³/mol. The van der Waals surface area contributed by atoms with Gasteiger partial charge in [0.25, 0.3) is 0 Å². The summed E-state index contributed by atoms with van der Waals surface area (Å²) < 4.78 is 12.4. The number of fused-ring (bicyclic) bond motifs is 1. The van der Waals surface area contributed by atoms with Gasteiger partial charge in [-0.05, 0) is 40.7 Å². The molecule has 0 aliphatic carbocycles. The summed E-state index contributed by atoms with van der Waals surface area (Å²) >= 11 is 0. The fraction of sp³-hybridized carbons (Fsp3) is 0.688. The van der Waals surface area contributed by atoms with E-state index >= 15 is 0 Å². The molecular formula is C16H25N3O4. The molecular weight excluding hydrogens is 298 g/mol. The lowest BCUT2D eigenvalue weighted by molar-refractivity contribution is -0.149. The number of esters is 1. The van der Waals surface area contributed by atoms with E-state index in [1.54, 1.807) is 22.7 Å². The molecule has 0 unspecified atom stereocenters. The van der Waals surface area contributed by atoms with Crippen molar-refractivity contribution in [2.24, 2.45) is 5.92 Å². The Balaban J connectivity index is 2.29. The van der Waals surface area contributed by atoms with E-state index in [-0.39, 0.29) is 18.6 Å². The molecule has 0 N–H and O–H groups in total. The molecule has 2 rings (SSSR count). The van der Waals surface area contributed by atoms with Crippen LogP contribution in [0.1, 0.15) is 46.4 Å². The van der Waals surface area contributed by atoms with E-state index in [9.17, 15) is 9.59 Å². The Kier molecular flexibility index (Phi) is 4.97. The molecule has 0 saturated carbocycles. The van der Waals surface area contributed by atoms with Gasteiger partial charge in [-0.2, -0.15) is 5.10 Å². The van der Waals surface area contributed by atoms with Gasteiger partial charge in [-0.1, -0.05) is 0 Å². The quantitative estimate of drug-likeness (QED) is 0.781. The summed E-state index contributed by atoms with van der Waals surface area (Å²) in [7, 11) is 0. The highest BCUT2D eigenvalue weighted by atomic mass is 16.6. The Bertz CT molecular complexity index is 576. The number of carbonyl (C=O) groups excluding carboxylic acids is 2. The Morgan fingerprint density at radius 1 is 1.35 bits per heavy atom. The molecule has 1 aliphatic heterocycles. The van der Waals surface area contributed by atoms with Gasteiger partial charge in [0.05, 0.1) is 30.8 Å². The minimum Gasteiger partial charge on any atom is -0.466 e. The van der Waals surface area contributed by atoms with E-state index in [4.69, 9.17) is 9.47 Å². The molecule has 1 aliphatic rings. The first-order valence-corrected chi connectivity index (χ1v) is 7.91. The molecule has 0 spiro atoms. The van der Waals surface area contributed by atoms with Gasteiger partial charge in [-0.25, -0.2) is 4.79 Å². The number of amides is 1. The lowest BCUT2D eigenvalue weighted by Gasteiger charge is -2.31. The van der Waals surface area contributed by atoms with Gasteiger partial charge in [-0.3, -0.25) is 14.4 Å². The molecule has 0 fully saturated rings. The second-order valence-electron chi connectivity index (χ2n) is 6.70. The van der Waals surface area contributed by atoms with Crippen molar-refractivity contribution in [3.8, 4) is 0 Å². The molecule has 1 aromatic rings. The molecule has 2 heterocycles. The normalized spacial score (nSPS) is 21.3. The van der Waals surface area contributed by atoms with E-state index in [1.807, 2.05) is 33.8 Å². The second kappa shape index (κ2) is 6.60. The average molecular weight is 323 g/mol. The van der Waals surface area contributed by atoms with Crippen LogP contribution in [0.25, 0.3) is 0 Å². The fourth-order valence-electron chi connectivity index (χ4n) is 2.63. The molecule has 0 saturated heterocycles. The summed E-state index contributed by atoms with van der Waals surface area (Å²) in [6.45, 7) is 10.1. The maximum Gasteiger partial charge on any atom is 0.410 e. The first-order valence-electron chi connectivity index (χ1n) is 7.91. The lowest BCUT2D eigenvalue weighted by Crippen LogP contribution is -2.42. The molecule has 1 amide bonds. The van der Waals surface area contributed by atoms with Crippen LogP contribution >= 0.6 is 0 Å². The van der Waals surface area contributed by atoms with Crippen molar-refractivity contribution in [1.82, 2.24) is 14.7 Å². The first-order chi connectivity index (χ1) is 10.7. The van der Waals surface area contributed by atoms with E-state index in [0.717, 1.165) is 5.69 Å². The summed E-state index contributed by atoms with van der Waals surface area (Å²) in [5.74, 6) is -0.789. The largest absolute Gasteiger partial charge is 0.466 e. The molecule has 2 atom stereocenters. The van der Waals surface area contributed by atoms with E-state index in [1.165, 1.54) is 0 Å². The van der Waals surface area contributed by atoms with Gasteiger partial charge in [0.1, 0.15) is 5.60 Å². The van der Waals surface area contributed by atoms with Crippen LogP contribution in [0.5, 0.6) is 0 Å². The maximum absolute atomic E-state index is 12.6. The zero-order chi connectivity index (χ0) is 17.2. The number of aromatic nitrogens is 2. The standard InChI is InChI=1S/C16H25N3O4/c1-6-22-14(20)12-9-18(15(21)23-16(3,4)5)11(2)13-7-8-17-19(13)10-12/h7-8,11-12H,6,9-10H2,1-5H3/t11-,12+/m0/s1. The third-order valence-corrected chi connectivity index (χ3v) is 3.70. The number of nitrogens with zero attached hydrogens (tertiary/aromatic N) is 3. The van der Waals surface area contributed by atoms with Crippen LogP contribution in [-0.2, 0) is 20.8 Å². The van der Waals surface area contributed by atoms with Gasteiger partial charge >= 0.3 is 12.1 Å². The minimum atomic E-state index is -0.594. The molecule has 7 heteroatoms. The lowest BCUT2D eigenvalue weighted by atomic mass is 10.1. The highest BCUT2D eigenvalue weighted by Gasteiger charge is 2.36. The van der Waals surface area contributed by atoms with Crippen molar-refractivity contribution >= 4 is 12.1 Å². The summed E-state index contributed by atoms with van der Waals surface area (Å²) in [5.41, 5.74) is 0.283. The molecule has 0 aromatic carbocycles. The number of carbonyl (C=O) groups is 2. The number of hydrogen-bond donors (Lipinski definition) is 0. The minimum absolute atomic E-state index is 0.230. The van der Waals surface area contributed by atoms with Crippen LogP contribution in [0.2, 0.25) is 0 Å². The Hall–Kier alpha value is -2.05. The molecule has 0 radical (unpaired) electrons. The van der Waals surface area contributed by atoms with E-state index in [0.29, 0.717) is 13.2 Å². The van der Waals surface area contributed by atoms with Gasteiger partial charge < -0.3 is 9.47 Å². The van der Waals surface area contributed by atoms with Crippen LogP contribution in [0, 0.1) is 5.92 Å². The fourth-order valence-corrected chi connectivity index (χ4v) is 2.63. The van der Waals surface area contributed by atoms with E-state index in [2.05, 4.69) is 5.10 Å². The van der Waals surface area contributed by atoms with Crippen LogP contribution in [-0.4, -0.2) is 45.5 Å². The number of rotatable bonds is 2. The van der Waals surface area contributed by atoms with Crippen LogP contribution < -0.4 is 0 Å². The summed E-state index contributed by atoms with van der Waals surface area (Å²) in [6.07, 6.45) is 1.24.